The molecule has 0 unspecified atom stereocenters. The van der Waals surface area contributed by atoms with Crippen molar-refractivity contribution in [1.29, 1.82) is 0 Å². The van der Waals surface area contributed by atoms with Crippen molar-refractivity contribution in [2.75, 3.05) is 11.9 Å². The predicted molar refractivity (Wildman–Crippen MR) is 80.7 cm³/mol. The van der Waals surface area contributed by atoms with Crippen molar-refractivity contribution in [1.82, 2.24) is 5.32 Å². The summed E-state index contributed by atoms with van der Waals surface area (Å²) < 4.78 is 5.66. The molecule has 0 heterocycles. The van der Waals surface area contributed by atoms with Crippen LogP contribution in [0.1, 0.15) is 6.92 Å². The molecule has 0 aliphatic heterocycles. The molecule has 0 aliphatic rings. The lowest BCUT2D eigenvalue weighted by Gasteiger charge is -2.09. The summed E-state index contributed by atoms with van der Waals surface area (Å²) in [6.45, 7) is 2.44. The Hall–Kier alpha value is -2.20. The van der Waals surface area contributed by atoms with Gasteiger partial charge in [-0.05, 0) is 43.3 Å². The van der Waals surface area contributed by atoms with E-state index in [2.05, 4.69) is 10.6 Å². The number of para-hydroxylation sites is 1. The molecule has 104 valence electrons. The molecule has 2 amide bonds. The monoisotopic (exact) mass is 290 g/mol. The van der Waals surface area contributed by atoms with E-state index in [0.29, 0.717) is 28.8 Å². The third kappa shape index (κ3) is 3.90. The Morgan fingerprint density at radius 2 is 1.85 bits per heavy atom. The molecule has 4 nitrogen and oxygen atoms in total. The normalized spacial score (nSPS) is 9.90. The van der Waals surface area contributed by atoms with Crippen LogP contribution in [0.25, 0.3) is 0 Å². The van der Waals surface area contributed by atoms with E-state index in [4.69, 9.17) is 16.3 Å². The van der Waals surface area contributed by atoms with Gasteiger partial charge in [-0.2, -0.15) is 0 Å². The number of halogens is 1. The second-order valence-corrected chi connectivity index (χ2v) is 4.45. The minimum atomic E-state index is -0.229. The van der Waals surface area contributed by atoms with Crippen molar-refractivity contribution in [3.8, 4) is 11.5 Å². The second kappa shape index (κ2) is 6.82. The Bertz CT molecular complexity index is 585. The number of hydrogen-bond donors (Lipinski definition) is 2. The number of urea groups is 1. The van der Waals surface area contributed by atoms with E-state index in [1.165, 1.54) is 0 Å². The summed E-state index contributed by atoms with van der Waals surface area (Å²) in [6.07, 6.45) is 0. The molecule has 2 aromatic carbocycles. The average Bonchev–Trinajstić information content (AvgIpc) is 2.44. The molecule has 0 spiro atoms. The largest absolute Gasteiger partial charge is 0.456 e. The molecule has 0 aliphatic carbocycles. The Balaban J connectivity index is 2.02. The second-order valence-electron chi connectivity index (χ2n) is 4.04. The van der Waals surface area contributed by atoms with E-state index in [0.717, 1.165) is 0 Å². The zero-order valence-electron chi connectivity index (χ0n) is 11.0. The number of hydrogen-bond acceptors (Lipinski definition) is 2. The van der Waals surface area contributed by atoms with Gasteiger partial charge in [0.05, 0.1) is 5.02 Å². The lowest BCUT2D eigenvalue weighted by molar-refractivity contribution is 0.252. The molecule has 0 saturated carbocycles. The summed E-state index contributed by atoms with van der Waals surface area (Å²) >= 11 is 6.02. The lowest BCUT2D eigenvalue weighted by atomic mass is 10.3. The van der Waals surface area contributed by atoms with Crippen LogP contribution in [0.4, 0.5) is 10.5 Å². The van der Waals surface area contributed by atoms with Crippen molar-refractivity contribution < 1.29 is 9.53 Å². The van der Waals surface area contributed by atoms with Gasteiger partial charge in [0.15, 0.2) is 0 Å². The number of benzene rings is 2. The topological polar surface area (TPSA) is 50.4 Å². The minimum absolute atomic E-state index is 0.229. The molecule has 20 heavy (non-hydrogen) atoms. The Kier molecular flexibility index (Phi) is 4.85. The van der Waals surface area contributed by atoms with Crippen LogP contribution in [0.3, 0.4) is 0 Å². The lowest BCUT2D eigenvalue weighted by Crippen LogP contribution is -2.28. The van der Waals surface area contributed by atoms with Gasteiger partial charge < -0.3 is 15.4 Å². The average molecular weight is 291 g/mol. The van der Waals surface area contributed by atoms with Gasteiger partial charge in [0.2, 0.25) is 0 Å². The van der Waals surface area contributed by atoms with Gasteiger partial charge in [0.25, 0.3) is 0 Å². The van der Waals surface area contributed by atoms with Crippen LogP contribution in [0.5, 0.6) is 11.5 Å². The summed E-state index contributed by atoms with van der Waals surface area (Å²) in [5.74, 6) is 1.25. The van der Waals surface area contributed by atoms with Gasteiger partial charge >= 0.3 is 6.03 Å². The fourth-order valence-corrected chi connectivity index (χ4v) is 1.77. The van der Waals surface area contributed by atoms with Gasteiger partial charge in [-0.15, -0.1) is 0 Å². The summed E-state index contributed by atoms with van der Waals surface area (Å²) in [7, 11) is 0. The molecule has 5 heteroatoms. The molecule has 0 radical (unpaired) electrons. The molecule has 0 aromatic heterocycles. The van der Waals surface area contributed by atoms with Crippen molar-refractivity contribution >= 4 is 23.3 Å². The first-order chi connectivity index (χ1) is 9.69. The molecule has 2 aromatic rings. The van der Waals surface area contributed by atoms with Gasteiger partial charge in [0, 0.05) is 12.2 Å². The number of carbonyl (C=O) groups is 1. The number of anilines is 1. The van der Waals surface area contributed by atoms with Gasteiger partial charge in [-0.3, -0.25) is 0 Å². The maximum atomic E-state index is 11.4. The summed E-state index contributed by atoms with van der Waals surface area (Å²) in [6, 6.07) is 14.1. The number of rotatable bonds is 4. The molecule has 0 bridgehead atoms. The zero-order valence-corrected chi connectivity index (χ0v) is 11.8. The van der Waals surface area contributed by atoms with E-state index in [9.17, 15) is 4.79 Å². The predicted octanol–water partition coefficient (Wildman–Crippen LogP) is 4.27. The highest BCUT2D eigenvalue weighted by Crippen LogP contribution is 2.29. The van der Waals surface area contributed by atoms with Crippen molar-refractivity contribution in [2.24, 2.45) is 0 Å². The Labute approximate surface area is 122 Å². The van der Waals surface area contributed by atoms with Crippen LogP contribution in [0.15, 0.2) is 48.5 Å². The number of amides is 2. The molecule has 0 saturated heterocycles. The van der Waals surface area contributed by atoms with E-state index in [1.807, 2.05) is 19.1 Å². The highest BCUT2D eigenvalue weighted by molar-refractivity contribution is 6.32. The first-order valence-corrected chi connectivity index (χ1v) is 6.64. The van der Waals surface area contributed by atoms with Gasteiger partial charge in [-0.25, -0.2) is 4.79 Å². The third-order valence-electron chi connectivity index (χ3n) is 2.51. The zero-order chi connectivity index (χ0) is 14.4. The van der Waals surface area contributed by atoms with Gasteiger partial charge in [-0.1, -0.05) is 23.7 Å². The molecule has 0 fully saturated rings. The van der Waals surface area contributed by atoms with Gasteiger partial charge in [0.1, 0.15) is 11.5 Å². The van der Waals surface area contributed by atoms with E-state index in [-0.39, 0.29) is 6.03 Å². The smallest absolute Gasteiger partial charge is 0.319 e. The first-order valence-electron chi connectivity index (χ1n) is 6.26. The van der Waals surface area contributed by atoms with E-state index < -0.39 is 0 Å². The third-order valence-corrected chi connectivity index (χ3v) is 2.83. The first kappa shape index (κ1) is 14.2. The summed E-state index contributed by atoms with van der Waals surface area (Å²) in [4.78, 5) is 11.4. The van der Waals surface area contributed by atoms with Crippen LogP contribution >= 0.6 is 11.6 Å². The van der Waals surface area contributed by atoms with Crippen LogP contribution in [0.2, 0.25) is 5.02 Å². The highest BCUT2D eigenvalue weighted by atomic mass is 35.5. The van der Waals surface area contributed by atoms with Crippen LogP contribution in [-0.4, -0.2) is 12.6 Å². The molecule has 2 N–H and O–H groups in total. The number of nitrogens with one attached hydrogen (secondary N) is 2. The fraction of sp³-hybridized carbons (Fsp3) is 0.133. The molecule has 0 atom stereocenters. The number of ether oxygens (including phenoxy) is 1. The Morgan fingerprint density at radius 3 is 2.50 bits per heavy atom. The maximum Gasteiger partial charge on any atom is 0.319 e. The summed E-state index contributed by atoms with van der Waals surface area (Å²) in [5, 5.41) is 5.92. The van der Waals surface area contributed by atoms with Crippen LogP contribution < -0.4 is 15.4 Å². The minimum Gasteiger partial charge on any atom is -0.456 e. The highest BCUT2D eigenvalue weighted by Gasteiger charge is 2.03. The van der Waals surface area contributed by atoms with E-state index in [1.54, 1.807) is 36.4 Å². The fourth-order valence-electron chi connectivity index (χ4n) is 1.60. The van der Waals surface area contributed by atoms with Crippen LogP contribution in [-0.2, 0) is 0 Å². The van der Waals surface area contributed by atoms with Crippen molar-refractivity contribution in [2.45, 2.75) is 6.92 Å². The standard InChI is InChI=1S/C15H15ClN2O2/c1-2-17-15(19)18-11-7-9-12(10-8-11)20-14-6-4-3-5-13(14)16/h3-10H,2H2,1H3,(H2,17,18,19). The maximum absolute atomic E-state index is 11.4. The quantitative estimate of drug-likeness (QED) is 0.883. The molecular weight excluding hydrogens is 276 g/mol. The SMILES string of the molecule is CCNC(=O)Nc1ccc(Oc2ccccc2Cl)cc1. The molecule has 2 rings (SSSR count). The van der Waals surface area contributed by atoms with Crippen molar-refractivity contribution in [3.63, 3.8) is 0 Å². The Morgan fingerprint density at radius 1 is 1.15 bits per heavy atom. The van der Waals surface area contributed by atoms with E-state index >= 15 is 0 Å². The number of carbonyl (C=O) groups excluding carboxylic acids is 1. The van der Waals surface area contributed by atoms with Crippen LogP contribution in [0, 0.1) is 0 Å². The van der Waals surface area contributed by atoms with Crippen molar-refractivity contribution in [3.05, 3.63) is 53.6 Å². The molecular formula is C15H15ClN2O2. The summed E-state index contributed by atoms with van der Waals surface area (Å²) in [5.41, 5.74) is 0.697.